The summed E-state index contributed by atoms with van der Waals surface area (Å²) in [5, 5.41) is 2.85. The smallest absolute Gasteiger partial charge is 0.264 e. The lowest BCUT2D eigenvalue weighted by Crippen LogP contribution is -2.33. The molecule has 1 N–H and O–H groups in total. The summed E-state index contributed by atoms with van der Waals surface area (Å²) in [4.78, 5) is 0. The molecule has 0 saturated heterocycles. The molecule has 0 aliphatic carbocycles. The van der Waals surface area contributed by atoms with Crippen molar-refractivity contribution >= 4 is 5.57 Å². The zero-order chi connectivity index (χ0) is 14.8. The first-order chi connectivity index (χ1) is 9.55. The van der Waals surface area contributed by atoms with E-state index in [9.17, 15) is 8.78 Å². The largest absolute Gasteiger partial charge is 0.311 e. The van der Waals surface area contributed by atoms with E-state index in [0.29, 0.717) is 12.1 Å². The molecule has 1 nitrogen and oxygen atoms in total. The molecule has 1 aromatic rings. The minimum Gasteiger partial charge on any atom is -0.311 e. The van der Waals surface area contributed by atoms with E-state index in [0.717, 1.165) is 24.8 Å². The van der Waals surface area contributed by atoms with E-state index in [2.05, 4.69) is 18.8 Å². The number of hydrogen-bond donors (Lipinski definition) is 1. The van der Waals surface area contributed by atoms with Crippen LogP contribution in [-0.2, 0) is 0 Å². The predicted molar refractivity (Wildman–Crippen MR) is 82.1 cm³/mol. The first-order valence-corrected chi connectivity index (χ1v) is 7.37. The topological polar surface area (TPSA) is 12.0 Å². The average Bonchev–Trinajstić information content (AvgIpc) is 2.43. The first-order valence-electron chi connectivity index (χ1n) is 7.37. The quantitative estimate of drug-likeness (QED) is 0.602. The van der Waals surface area contributed by atoms with Crippen LogP contribution in [0.15, 0.2) is 36.9 Å². The van der Waals surface area contributed by atoms with Gasteiger partial charge in [0.15, 0.2) is 0 Å². The van der Waals surface area contributed by atoms with Crippen molar-refractivity contribution in [1.82, 2.24) is 5.32 Å². The highest BCUT2D eigenvalue weighted by molar-refractivity contribution is 5.63. The average molecular weight is 281 g/mol. The standard InChI is InChI=1S/C17H25F2N/c1-3-4-5-9-12-20-14-17(18,19)13-15(2)16-10-7-6-8-11-16/h6-8,10-11,20H,2-5,9,12-14H2,1H3. The Bertz CT molecular complexity index is 387. The van der Waals surface area contributed by atoms with Gasteiger partial charge in [0.2, 0.25) is 0 Å². The molecule has 0 spiro atoms. The molecule has 0 fully saturated rings. The minimum absolute atomic E-state index is 0.273. The maximum atomic E-state index is 13.8. The summed E-state index contributed by atoms with van der Waals surface area (Å²) >= 11 is 0. The Kier molecular flexibility index (Phi) is 7.45. The summed E-state index contributed by atoms with van der Waals surface area (Å²) in [6.07, 6.45) is 4.10. The van der Waals surface area contributed by atoms with Gasteiger partial charge in [0.1, 0.15) is 0 Å². The van der Waals surface area contributed by atoms with Gasteiger partial charge in [-0.05, 0) is 24.1 Å². The van der Waals surface area contributed by atoms with Crippen LogP contribution in [0.25, 0.3) is 5.57 Å². The van der Waals surface area contributed by atoms with Gasteiger partial charge >= 0.3 is 0 Å². The van der Waals surface area contributed by atoms with Gasteiger partial charge in [-0.2, -0.15) is 0 Å². The molecule has 20 heavy (non-hydrogen) atoms. The highest BCUT2D eigenvalue weighted by atomic mass is 19.3. The van der Waals surface area contributed by atoms with E-state index in [-0.39, 0.29) is 13.0 Å². The molecule has 0 radical (unpaired) electrons. The van der Waals surface area contributed by atoms with Gasteiger partial charge in [-0.25, -0.2) is 8.78 Å². The number of unbranched alkanes of at least 4 members (excludes halogenated alkanes) is 3. The third-order valence-electron chi connectivity index (χ3n) is 3.24. The van der Waals surface area contributed by atoms with Gasteiger partial charge in [0.05, 0.1) is 6.54 Å². The van der Waals surface area contributed by atoms with Gasteiger partial charge in [-0.1, -0.05) is 63.1 Å². The molecule has 0 aliphatic heterocycles. The molecule has 0 bridgehead atoms. The summed E-state index contributed by atoms with van der Waals surface area (Å²) in [6, 6.07) is 9.18. The van der Waals surface area contributed by atoms with Crippen LogP contribution in [0.5, 0.6) is 0 Å². The summed E-state index contributed by atoms with van der Waals surface area (Å²) in [5.74, 6) is -2.74. The summed E-state index contributed by atoms with van der Waals surface area (Å²) in [7, 11) is 0. The zero-order valence-corrected chi connectivity index (χ0v) is 12.3. The van der Waals surface area contributed by atoms with Crippen molar-refractivity contribution in [3.63, 3.8) is 0 Å². The molecule has 0 heterocycles. The predicted octanol–water partition coefficient (Wildman–Crippen LogP) is 4.90. The maximum Gasteiger partial charge on any atom is 0.264 e. The number of hydrogen-bond acceptors (Lipinski definition) is 1. The second-order valence-corrected chi connectivity index (χ2v) is 5.24. The molecule has 0 saturated carbocycles. The van der Waals surface area contributed by atoms with Crippen LogP contribution in [0.3, 0.4) is 0 Å². The van der Waals surface area contributed by atoms with Crippen LogP contribution >= 0.6 is 0 Å². The SMILES string of the molecule is C=C(CC(F)(F)CNCCCCCC)c1ccccc1. The lowest BCUT2D eigenvalue weighted by Gasteiger charge is -2.18. The maximum absolute atomic E-state index is 13.8. The third-order valence-corrected chi connectivity index (χ3v) is 3.24. The van der Waals surface area contributed by atoms with E-state index >= 15 is 0 Å². The number of nitrogens with one attached hydrogen (secondary N) is 1. The van der Waals surface area contributed by atoms with E-state index in [1.54, 1.807) is 0 Å². The lowest BCUT2D eigenvalue weighted by atomic mass is 10.0. The summed E-state index contributed by atoms with van der Waals surface area (Å²) in [5.41, 5.74) is 1.28. The third kappa shape index (κ3) is 6.80. The molecule has 0 aliphatic rings. The Morgan fingerprint density at radius 3 is 2.50 bits per heavy atom. The highest BCUT2D eigenvalue weighted by Crippen LogP contribution is 2.27. The zero-order valence-electron chi connectivity index (χ0n) is 12.3. The van der Waals surface area contributed by atoms with Crippen molar-refractivity contribution in [1.29, 1.82) is 0 Å². The van der Waals surface area contributed by atoms with Crippen LogP contribution in [0.1, 0.15) is 44.6 Å². The minimum atomic E-state index is -2.74. The number of halogens is 2. The van der Waals surface area contributed by atoms with Crippen molar-refractivity contribution in [3.8, 4) is 0 Å². The van der Waals surface area contributed by atoms with Crippen molar-refractivity contribution < 1.29 is 8.78 Å². The van der Waals surface area contributed by atoms with Crippen LogP contribution in [0, 0.1) is 0 Å². The molecule has 1 aromatic carbocycles. The van der Waals surface area contributed by atoms with Crippen molar-refractivity contribution in [2.24, 2.45) is 0 Å². The molecule has 3 heteroatoms. The second-order valence-electron chi connectivity index (χ2n) is 5.24. The molecular weight excluding hydrogens is 256 g/mol. The number of allylic oxidation sites excluding steroid dienone is 1. The van der Waals surface area contributed by atoms with Crippen LogP contribution < -0.4 is 5.32 Å². The van der Waals surface area contributed by atoms with Gasteiger partial charge in [-0.3, -0.25) is 0 Å². The Morgan fingerprint density at radius 2 is 1.85 bits per heavy atom. The molecule has 1 rings (SSSR count). The molecule has 0 amide bonds. The first kappa shape index (κ1) is 16.8. The normalized spacial score (nSPS) is 11.6. The molecule has 0 unspecified atom stereocenters. The Morgan fingerprint density at radius 1 is 1.15 bits per heavy atom. The van der Waals surface area contributed by atoms with Gasteiger partial charge in [-0.15, -0.1) is 0 Å². The fraction of sp³-hybridized carbons (Fsp3) is 0.529. The second kappa shape index (κ2) is 8.85. The van der Waals surface area contributed by atoms with E-state index in [4.69, 9.17) is 0 Å². The Hall–Kier alpha value is -1.22. The molecular formula is C17H25F2N. The van der Waals surface area contributed by atoms with Crippen molar-refractivity contribution in [3.05, 3.63) is 42.5 Å². The van der Waals surface area contributed by atoms with Gasteiger partial charge in [0.25, 0.3) is 5.92 Å². The number of rotatable bonds is 10. The van der Waals surface area contributed by atoms with Crippen LogP contribution in [0.4, 0.5) is 8.78 Å². The Balaban J connectivity index is 2.28. The molecule has 0 aromatic heterocycles. The molecule has 0 atom stereocenters. The van der Waals surface area contributed by atoms with Gasteiger partial charge < -0.3 is 5.32 Å². The summed E-state index contributed by atoms with van der Waals surface area (Å²) < 4.78 is 27.6. The van der Waals surface area contributed by atoms with Crippen LogP contribution in [0.2, 0.25) is 0 Å². The lowest BCUT2D eigenvalue weighted by molar-refractivity contribution is 0.00793. The monoisotopic (exact) mass is 281 g/mol. The van der Waals surface area contributed by atoms with Crippen molar-refractivity contribution in [2.75, 3.05) is 13.1 Å². The van der Waals surface area contributed by atoms with Gasteiger partial charge in [0, 0.05) is 6.42 Å². The molecule has 112 valence electrons. The highest BCUT2D eigenvalue weighted by Gasteiger charge is 2.29. The van der Waals surface area contributed by atoms with Crippen molar-refractivity contribution in [2.45, 2.75) is 45.0 Å². The number of alkyl halides is 2. The fourth-order valence-corrected chi connectivity index (χ4v) is 2.10. The van der Waals surface area contributed by atoms with E-state index < -0.39 is 5.92 Å². The Labute approximate surface area is 121 Å². The fourth-order valence-electron chi connectivity index (χ4n) is 2.10. The van der Waals surface area contributed by atoms with E-state index in [1.807, 2.05) is 30.3 Å². The number of benzene rings is 1. The summed E-state index contributed by atoms with van der Waals surface area (Å²) in [6.45, 7) is 6.29. The van der Waals surface area contributed by atoms with E-state index in [1.165, 1.54) is 6.42 Å². The van der Waals surface area contributed by atoms with Crippen LogP contribution in [-0.4, -0.2) is 19.0 Å².